The third-order valence-corrected chi connectivity index (χ3v) is 5.56. The van der Waals surface area contributed by atoms with Gasteiger partial charge >= 0.3 is 0 Å². The Bertz CT molecular complexity index is 415. The SMILES string of the molecule is C[C@H]1CNCCN1C(=O)CCN1CCCS1(=O)=O.Cl. The van der Waals surface area contributed by atoms with Crippen molar-refractivity contribution in [3.05, 3.63) is 0 Å². The first-order valence-electron chi connectivity index (χ1n) is 6.49. The standard InChI is InChI=1S/C11H21N3O3S.ClH/c1-10-9-12-4-7-14(10)11(15)3-6-13-5-2-8-18(13,16)17;/h10,12H,2-9H2,1H3;1H/t10-;/m0./s1. The normalized spacial score (nSPS) is 27.0. The van der Waals surface area contributed by atoms with Gasteiger partial charge in [0.25, 0.3) is 0 Å². The van der Waals surface area contributed by atoms with Crippen LogP contribution in [0.5, 0.6) is 0 Å². The molecule has 112 valence electrons. The van der Waals surface area contributed by atoms with Crippen LogP contribution < -0.4 is 5.32 Å². The van der Waals surface area contributed by atoms with Gasteiger partial charge in [-0.25, -0.2) is 12.7 Å². The van der Waals surface area contributed by atoms with E-state index in [1.165, 1.54) is 4.31 Å². The molecule has 8 heteroatoms. The number of amides is 1. The molecular formula is C11H22ClN3O3S. The van der Waals surface area contributed by atoms with E-state index in [2.05, 4.69) is 5.32 Å². The highest BCUT2D eigenvalue weighted by Crippen LogP contribution is 2.14. The third-order valence-electron chi connectivity index (χ3n) is 3.60. The van der Waals surface area contributed by atoms with Gasteiger partial charge in [0.2, 0.25) is 15.9 Å². The minimum absolute atomic E-state index is 0. The molecule has 2 aliphatic rings. The highest BCUT2D eigenvalue weighted by atomic mass is 35.5. The van der Waals surface area contributed by atoms with Crippen molar-refractivity contribution < 1.29 is 13.2 Å². The molecule has 2 heterocycles. The Morgan fingerprint density at radius 3 is 2.68 bits per heavy atom. The maximum atomic E-state index is 12.1. The van der Waals surface area contributed by atoms with Crippen molar-refractivity contribution >= 4 is 28.3 Å². The summed E-state index contributed by atoms with van der Waals surface area (Å²) < 4.78 is 24.7. The van der Waals surface area contributed by atoms with Crippen LogP contribution in [0.25, 0.3) is 0 Å². The number of hydrogen-bond donors (Lipinski definition) is 1. The number of nitrogens with one attached hydrogen (secondary N) is 1. The first-order chi connectivity index (χ1) is 8.50. The van der Waals surface area contributed by atoms with Crippen LogP contribution in [0.4, 0.5) is 0 Å². The predicted octanol–water partition coefficient (Wildman–Crippen LogP) is -0.346. The van der Waals surface area contributed by atoms with Gasteiger partial charge in [-0.3, -0.25) is 4.79 Å². The second-order valence-corrected chi connectivity index (χ2v) is 7.05. The molecule has 1 N–H and O–H groups in total. The van der Waals surface area contributed by atoms with Gasteiger partial charge < -0.3 is 10.2 Å². The second-order valence-electron chi connectivity index (χ2n) is 4.96. The molecule has 0 aromatic heterocycles. The van der Waals surface area contributed by atoms with Crippen LogP contribution in [-0.2, 0) is 14.8 Å². The summed E-state index contributed by atoms with van der Waals surface area (Å²) in [6, 6.07) is 0.196. The van der Waals surface area contributed by atoms with Crippen molar-refractivity contribution in [1.82, 2.24) is 14.5 Å². The maximum absolute atomic E-state index is 12.1. The quantitative estimate of drug-likeness (QED) is 0.774. The Hall–Kier alpha value is -0.370. The van der Waals surface area contributed by atoms with Gasteiger partial charge in [-0.05, 0) is 13.3 Å². The Morgan fingerprint density at radius 1 is 1.37 bits per heavy atom. The van der Waals surface area contributed by atoms with Crippen molar-refractivity contribution in [2.24, 2.45) is 0 Å². The van der Waals surface area contributed by atoms with Crippen molar-refractivity contribution in [1.29, 1.82) is 0 Å². The van der Waals surface area contributed by atoms with Crippen LogP contribution in [0.3, 0.4) is 0 Å². The number of carbonyl (C=O) groups excluding carboxylic acids is 1. The van der Waals surface area contributed by atoms with Gasteiger partial charge in [0.05, 0.1) is 5.75 Å². The van der Waals surface area contributed by atoms with Gasteiger partial charge in [-0.1, -0.05) is 0 Å². The Labute approximate surface area is 121 Å². The van der Waals surface area contributed by atoms with Crippen molar-refractivity contribution in [3.63, 3.8) is 0 Å². The lowest BCUT2D eigenvalue weighted by Crippen LogP contribution is -2.52. The van der Waals surface area contributed by atoms with E-state index in [-0.39, 0.29) is 30.1 Å². The van der Waals surface area contributed by atoms with E-state index in [0.717, 1.165) is 13.1 Å². The summed E-state index contributed by atoms with van der Waals surface area (Å²) in [5, 5.41) is 3.23. The predicted molar refractivity (Wildman–Crippen MR) is 75.9 cm³/mol. The molecule has 6 nitrogen and oxygen atoms in total. The monoisotopic (exact) mass is 311 g/mol. The largest absolute Gasteiger partial charge is 0.337 e. The molecule has 0 spiro atoms. The zero-order chi connectivity index (χ0) is 13.2. The fourth-order valence-corrected chi connectivity index (χ4v) is 4.05. The molecule has 0 bridgehead atoms. The smallest absolute Gasteiger partial charge is 0.224 e. The molecule has 0 aliphatic carbocycles. The lowest BCUT2D eigenvalue weighted by molar-refractivity contribution is -0.134. The highest BCUT2D eigenvalue weighted by Gasteiger charge is 2.29. The van der Waals surface area contributed by atoms with E-state index >= 15 is 0 Å². The number of sulfonamides is 1. The molecule has 2 rings (SSSR count). The summed E-state index contributed by atoms with van der Waals surface area (Å²) in [5.74, 6) is 0.289. The lowest BCUT2D eigenvalue weighted by atomic mass is 10.2. The molecule has 19 heavy (non-hydrogen) atoms. The summed E-state index contributed by atoms with van der Waals surface area (Å²) in [6.07, 6.45) is 0.976. The Kier molecular flexibility index (Phi) is 6.04. The van der Waals surface area contributed by atoms with Gasteiger partial charge in [0.15, 0.2) is 0 Å². The van der Waals surface area contributed by atoms with E-state index in [1.807, 2.05) is 11.8 Å². The van der Waals surface area contributed by atoms with Gasteiger partial charge in [0.1, 0.15) is 0 Å². The van der Waals surface area contributed by atoms with Gasteiger partial charge in [-0.15, -0.1) is 12.4 Å². The van der Waals surface area contributed by atoms with Crippen LogP contribution in [0.1, 0.15) is 19.8 Å². The fourth-order valence-electron chi connectivity index (χ4n) is 2.52. The fraction of sp³-hybridized carbons (Fsp3) is 0.909. The van der Waals surface area contributed by atoms with E-state index in [0.29, 0.717) is 32.5 Å². The lowest BCUT2D eigenvalue weighted by Gasteiger charge is -2.34. The molecule has 0 saturated carbocycles. The van der Waals surface area contributed by atoms with Crippen molar-refractivity contribution in [3.8, 4) is 0 Å². The van der Waals surface area contributed by atoms with Gasteiger partial charge in [-0.2, -0.15) is 0 Å². The molecule has 0 unspecified atom stereocenters. The van der Waals surface area contributed by atoms with E-state index < -0.39 is 10.0 Å². The molecule has 0 radical (unpaired) electrons. The highest BCUT2D eigenvalue weighted by molar-refractivity contribution is 7.89. The third kappa shape index (κ3) is 4.05. The molecule has 2 saturated heterocycles. The molecular weight excluding hydrogens is 290 g/mol. The molecule has 2 aliphatic heterocycles. The van der Waals surface area contributed by atoms with E-state index in [1.54, 1.807) is 0 Å². The van der Waals surface area contributed by atoms with Crippen LogP contribution >= 0.6 is 12.4 Å². The van der Waals surface area contributed by atoms with Crippen molar-refractivity contribution in [2.75, 3.05) is 38.5 Å². The summed E-state index contributed by atoms with van der Waals surface area (Å²) in [5.41, 5.74) is 0. The van der Waals surface area contributed by atoms with Crippen molar-refractivity contribution in [2.45, 2.75) is 25.8 Å². The minimum Gasteiger partial charge on any atom is -0.337 e. The van der Waals surface area contributed by atoms with Gasteiger partial charge in [0, 0.05) is 45.2 Å². The maximum Gasteiger partial charge on any atom is 0.224 e. The molecule has 0 aromatic carbocycles. The van der Waals surface area contributed by atoms with E-state index in [4.69, 9.17) is 0 Å². The van der Waals surface area contributed by atoms with Crippen LogP contribution in [-0.4, -0.2) is 68.0 Å². The summed E-state index contributed by atoms with van der Waals surface area (Å²) in [7, 11) is -3.08. The van der Waals surface area contributed by atoms with Crippen LogP contribution in [0.15, 0.2) is 0 Å². The minimum atomic E-state index is -3.08. The van der Waals surface area contributed by atoms with Crippen LogP contribution in [0.2, 0.25) is 0 Å². The number of rotatable bonds is 3. The average molecular weight is 312 g/mol. The Balaban J connectivity index is 0.00000180. The van der Waals surface area contributed by atoms with E-state index in [9.17, 15) is 13.2 Å². The number of halogens is 1. The summed E-state index contributed by atoms with van der Waals surface area (Å²) >= 11 is 0. The molecule has 1 amide bonds. The molecule has 0 aromatic rings. The Morgan fingerprint density at radius 2 is 2.11 bits per heavy atom. The second kappa shape index (κ2) is 6.88. The average Bonchev–Trinajstić information content (AvgIpc) is 2.66. The zero-order valence-corrected chi connectivity index (χ0v) is 12.8. The number of piperazine rings is 1. The number of nitrogens with zero attached hydrogens (tertiary/aromatic N) is 2. The zero-order valence-electron chi connectivity index (χ0n) is 11.2. The number of hydrogen-bond acceptors (Lipinski definition) is 4. The topological polar surface area (TPSA) is 69.7 Å². The number of carbonyl (C=O) groups is 1. The molecule has 1 atom stereocenters. The summed E-state index contributed by atoms with van der Waals surface area (Å²) in [6.45, 7) is 5.25. The molecule has 2 fully saturated rings. The first kappa shape index (κ1) is 16.7. The van der Waals surface area contributed by atoms with Crippen LogP contribution in [0, 0.1) is 0 Å². The summed E-state index contributed by atoms with van der Waals surface area (Å²) in [4.78, 5) is 13.9. The first-order valence-corrected chi connectivity index (χ1v) is 8.09.